The Bertz CT molecular complexity index is 1050. The first-order chi connectivity index (χ1) is 13.9. The van der Waals surface area contributed by atoms with E-state index in [0.29, 0.717) is 25.4 Å². The minimum absolute atomic E-state index is 0.228. The van der Waals surface area contributed by atoms with Crippen LogP contribution in [0.15, 0.2) is 54.7 Å². The molecule has 1 aromatic heterocycles. The summed E-state index contributed by atoms with van der Waals surface area (Å²) in [5.74, 6) is 0.739. The number of nitrogens with one attached hydrogen (secondary N) is 1. The van der Waals surface area contributed by atoms with Crippen molar-refractivity contribution in [3.8, 4) is 17.2 Å². The maximum absolute atomic E-state index is 13.9. The highest BCUT2D eigenvalue weighted by Gasteiger charge is 2.25. The van der Waals surface area contributed by atoms with E-state index in [-0.39, 0.29) is 17.0 Å². The Kier molecular flexibility index (Phi) is 4.96. The SMILES string of the molecule is CC(C)(CNC(=O)c1ccn(-c2ccccc2F)n1)c1ccc2c(c1)OCCO2. The number of ether oxygens (including phenoxy) is 2. The fraction of sp³-hybridized carbons (Fsp3) is 0.273. The van der Waals surface area contributed by atoms with E-state index in [2.05, 4.69) is 10.4 Å². The number of amides is 1. The molecule has 0 bridgehead atoms. The number of halogens is 1. The standard InChI is InChI=1S/C22H22FN3O3/c1-22(2,15-7-8-19-20(13-15)29-12-11-28-19)14-24-21(27)17-9-10-26(25-17)18-6-4-3-5-16(18)23/h3-10,13H,11-12,14H2,1-2H3,(H,24,27). The number of aromatic nitrogens is 2. The minimum Gasteiger partial charge on any atom is -0.486 e. The zero-order chi connectivity index (χ0) is 20.4. The van der Waals surface area contributed by atoms with Gasteiger partial charge in [0.25, 0.3) is 5.91 Å². The summed E-state index contributed by atoms with van der Waals surface area (Å²) in [4.78, 5) is 12.6. The Morgan fingerprint density at radius 1 is 1.14 bits per heavy atom. The maximum atomic E-state index is 13.9. The third-order valence-electron chi connectivity index (χ3n) is 4.94. The van der Waals surface area contributed by atoms with Crippen LogP contribution in [0.1, 0.15) is 29.9 Å². The van der Waals surface area contributed by atoms with Gasteiger partial charge in [-0.1, -0.05) is 32.0 Å². The fourth-order valence-corrected chi connectivity index (χ4v) is 3.17. The Balaban J connectivity index is 1.45. The van der Waals surface area contributed by atoms with E-state index >= 15 is 0 Å². The van der Waals surface area contributed by atoms with Crippen LogP contribution < -0.4 is 14.8 Å². The molecule has 0 saturated carbocycles. The van der Waals surface area contributed by atoms with Crippen LogP contribution in [0.5, 0.6) is 11.5 Å². The van der Waals surface area contributed by atoms with Crippen LogP contribution in [-0.4, -0.2) is 35.4 Å². The second kappa shape index (κ2) is 7.58. The number of benzene rings is 2. The molecule has 29 heavy (non-hydrogen) atoms. The van der Waals surface area contributed by atoms with Crippen molar-refractivity contribution in [1.82, 2.24) is 15.1 Å². The number of carbonyl (C=O) groups is 1. The smallest absolute Gasteiger partial charge is 0.271 e. The highest BCUT2D eigenvalue weighted by Crippen LogP contribution is 2.34. The van der Waals surface area contributed by atoms with Gasteiger partial charge in [0.05, 0.1) is 0 Å². The van der Waals surface area contributed by atoms with Crippen LogP contribution in [0.4, 0.5) is 4.39 Å². The number of rotatable bonds is 5. The molecule has 0 atom stereocenters. The third-order valence-corrected chi connectivity index (χ3v) is 4.94. The largest absolute Gasteiger partial charge is 0.486 e. The van der Waals surface area contributed by atoms with E-state index in [1.54, 1.807) is 30.5 Å². The van der Waals surface area contributed by atoms with Gasteiger partial charge in [0.15, 0.2) is 17.2 Å². The van der Waals surface area contributed by atoms with Crippen molar-refractivity contribution in [3.63, 3.8) is 0 Å². The Hall–Kier alpha value is -3.35. The highest BCUT2D eigenvalue weighted by atomic mass is 19.1. The summed E-state index contributed by atoms with van der Waals surface area (Å²) in [6.45, 7) is 5.55. The van der Waals surface area contributed by atoms with Gasteiger partial charge >= 0.3 is 0 Å². The molecule has 150 valence electrons. The number of hydrogen-bond acceptors (Lipinski definition) is 4. The summed E-state index contributed by atoms with van der Waals surface area (Å²) in [5, 5.41) is 7.12. The molecule has 3 aromatic rings. The zero-order valence-corrected chi connectivity index (χ0v) is 16.3. The molecule has 1 N–H and O–H groups in total. The average molecular weight is 395 g/mol. The van der Waals surface area contributed by atoms with E-state index in [0.717, 1.165) is 17.1 Å². The van der Waals surface area contributed by atoms with Crippen molar-refractivity contribution in [3.05, 3.63) is 71.8 Å². The quantitative estimate of drug-likeness (QED) is 0.718. The number of para-hydroxylation sites is 1. The topological polar surface area (TPSA) is 65.4 Å². The summed E-state index contributed by atoms with van der Waals surface area (Å²) in [6, 6.07) is 13.7. The molecule has 6 nitrogen and oxygen atoms in total. The predicted octanol–water partition coefficient (Wildman–Crippen LogP) is 3.49. The molecular formula is C22H22FN3O3. The third kappa shape index (κ3) is 3.94. The number of nitrogens with zero attached hydrogens (tertiary/aromatic N) is 2. The molecule has 0 spiro atoms. The summed E-state index contributed by atoms with van der Waals surface area (Å²) in [7, 11) is 0. The maximum Gasteiger partial charge on any atom is 0.271 e. The molecule has 4 rings (SSSR count). The molecule has 0 saturated heterocycles. The fourth-order valence-electron chi connectivity index (χ4n) is 3.17. The van der Waals surface area contributed by atoms with Gasteiger partial charge in [-0.05, 0) is 35.9 Å². The van der Waals surface area contributed by atoms with Crippen LogP contribution in [-0.2, 0) is 5.41 Å². The highest BCUT2D eigenvalue weighted by molar-refractivity contribution is 5.92. The molecule has 0 fully saturated rings. The van der Waals surface area contributed by atoms with Crippen molar-refractivity contribution >= 4 is 5.91 Å². The van der Waals surface area contributed by atoms with Gasteiger partial charge in [-0.3, -0.25) is 4.79 Å². The molecule has 1 aliphatic rings. The predicted molar refractivity (Wildman–Crippen MR) is 106 cm³/mol. The van der Waals surface area contributed by atoms with Crippen LogP contribution >= 0.6 is 0 Å². The van der Waals surface area contributed by atoms with Gasteiger partial charge in [0.2, 0.25) is 0 Å². The number of hydrogen-bond donors (Lipinski definition) is 1. The van der Waals surface area contributed by atoms with Crippen molar-refractivity contribution in [2.24, 2.45) is 0 Å². The second-order valence-corrected chi connectivity index (χ2v) is 7.52. The zero-order valence-electron chi connectivity index (χ0n) is 16.3. The molecule has 1 amide bonds. The van der Waals surface area contributed by atoms with E-state index in [1.165, 1.54) is 10.7 Å². The summed E-state index contributed by atoms with van der Waals surface area (Å²) < 4.78 is 26.5. The van der Waals surface area contributed by atoms with E-state index in [4.69, 9.17) is 9.47 Å². The molecule has 2 aromatic carbocycles. The van der Waals surface area contributed by atoms with Crippen molar-refractivity contribution in [2.75, 3.05) is 19.8 Å². The lowest BCUT2D eigenvalue weighted by molar-refractivity contribution is 0.0940. The van der Waals surface area contributed by atoms with Gasteiger partial charge in [-0.2, -0.15) is 5.10 Å². The number of carbonyl (C=O) groups excluding carboxylic acids is 1. The Morgan fingerprint density at radius 2 is 1.90 bits per heavy atom. The van der Waals surface area contributed by atoms with Gasteiger partial charge in [-0.15, -0.1) is 0 Å². The molecule has 2 heterocycles. The van der Waals surface area contributed by atoms with E-state index in [1.807, 2.05) is 32.0 Å². The van der Waals surface area contributed by atoms with Gasteiger partial charge in [-0.25, -0.2) is 9.07 Å². The first kappa shape index (κ1) is 19.0. The van der Waals surface area contributed by atoms with Crippen molar-refractivity contribution < 1.29 is 18.7 Å². The molecule has 1 aliphatic heterocycles. The van der Waals surface area contributed by atoms with E-state index in [9.17, 15) is 9.18 Å². The first-order valence-electron chi connectivity index (χ1n) is 9.43. The molecule has 0 radical (unpaired) electrons. The lowest BCUT2D eigenvalue weighted by Gasteiger charge is -2.27. The van der Waals surface area contributed by atoms with Gasteiger partial charge in [0.1, 0.15) is 24.7 Å². The lowest BCUT2D eigenvalue weighted by Crippen LogP contribution is -2.37. The molecule has 0 aliphatic carbocycles. The second-order valence-electron chi connectivity index (χ2n) is 7.52. The van der Waals surface area contributed by atoms with Crippen molar-refractivity contribution in [2.45, 2.75) is 19.3 Å². The number of fused-ring (bicyclic) bond motifs is 1. The van der Waals surface area contributed by atoms with Crippen LogP contribution in [0, 0.1) is 5.82 Å². The van der Waals surface area contributed by atoms with Gasteiger partial charge in [0, 0.05) is 18.2 Å². The average Bonchev–Trinajstić information content (AvgIpc) is 3.22. The summed E-state index contributed by atoms with van der Waals surface area (Å²) in [5.41, 5.74) is 1.22. The monoisotopic (exact) mass is 395 g/mol. The van der Waals surface area contributed by atoms with Crippen LogP contribution in [0.2, 0.25) is 0 Å². The molecule has 0 unspecified atom stereocenters. The van der Waals surface area contributed by atoms with Crippen LogP contribution in [0.3, 0.4) is 0 Å². The Morgan fingerprint density at radius 3 is 2.69 bits per heavy atom. The van der Waals surface area contributed by atoms with E-state index < -0.39 is 5.82 Å². The lowest BCUT2D eigenvalue weighted by atomic mass is 9.84. The molecule has 7 heteroatoms. The van der Waals surface area contributed by atoms with Crippen LogP contribution in [0.25, 0.3) is 5.69 Å². The van der Waals surface area contributed by atoms with Crippen molar-refractivity contribution in [1.29, 1.82) is 0 Å². The Labute approximate surface area is 168 Å². The minimum atomic E-state index is -0.401. The first-order valence-corrected chi connectivity index (χ1v) is 9.43. The molecular weight excluding hydrogens is 373 g/mol. The summed E-state index contributed by atoms with van der Waals surface area (Å²) in [6.07, 6.45) is 1.57. The normalized spacial score (nSPS) is 13.2. The summed E-state index contributed by atoms with van der Waals surface area (Å²) >= 11 is 0. The van der Waals surface area contributed by atoms with Gasteiger partial charge < -0.3 is 14.8 Å².